The minimum Gasteiger partial charge on any atom is -0.379 e. The molecule has 0 bridgehead atoms. The van der Waals surface area contributed by atoms with E-state index in [1.807, 2.05) is 0 Å². The van der Waals surface area contributed by atoms with E-state index in [-0.39, 0.29) is 5.60 Å². The van der Waals surface area contributed by atoms with Crippen LogP contribution in [0.2, 0.25) is 0 Å². The van der Waals surface area contributed by atoms with Crippen molar-refractivity contribution >= 4 is 0 Å². The number of methoxy groups -OCH3 is 1. The van der Waals surface area contributed by atoms with Gasteiger partial charge in [-0.15, -0.1) is 0 Å². The monoisotopic (exact) mass is 171 g/mol. The van der Waals surface area contributed by atoms with Gasteiger partial charge in [0.2, 0.25) is 0 Å². The van der Waals surface area contributed by atoms with Gasteiger partial charge >= 0.3 is 0 Å². The second-order valence-electron chi connectivity index (χ2n) is 4.43. The molecular formula is C10H21NO. The summed E-state index contributed by atoms with van der Waals surface area (Å²) in [7, 11) is 1.79. The fourth-order valence-corrected chi connectivity index (χ4v) is 2.03. The predicted octanol–water partition coefficient (Wildman–Crippen LogP) is 1.93. The molecule has 1 aliphatic rings. The van der Waals surface area contributed by atoms with Gasteiger partial charge in [-0.2, -0.15) is 0 Å². The molecule has 12 heavy (non-hydrogen) atoms. The summed E-state index contributed by atoms with van der Waals surface area (Å²) in [5.74, 6) is 0.645. The molecule has 2 atom stereocenters. The molecule has 2 N–H and O–H groups in total. The zero-order valence-corrected chi connectivity index (χ0v) is 8.47. The van der Waals surface area contributed by atoms with Crippen LogP contribution < -0.4 is 5.73 Å². The van der Waals surface area contributed by atoms with E-state index < -0.39 is 0 Å². The molecule has 1 aliphatic carbocycles. The molecule has 0 spiro atoms. The lowest BCUT2D eigenvalue weighted by molar-refractivity contribution is -0.0422. The van der Waals surface area contributed by atoms with Crippen LogP contribution in [0, 0.1) is 5.92 Å². The molecule has 0 aliphatic heterocycles. The summed E-state index contributed by atoms with van der Waals surface area (Å²) in [6.45, 7) is 4.32. The van der Waals surface area contributed by atoms with Gasteiger partial charge in [0, 0.05) is 13.2 Å². The Balaban J connectivity index is 2.50. The van der Waals surface area contributed by atoms with Gasteiger partial charge in [-0.05, 0) is 39.0 Å². The van der Waals surface area contributed by atoms with Crippen molar-refractivity contribution in [2.24, 2.45) is 11.7 Å². The zero-order chi connectivity index (χ0) is 9.19. The first-order valence-corrected chi connectivity index (χ1v) is 4.87. The van der Waals surface area contributed by atoms with Gasteiger partial charge in [0.05, 0.1) is 5.60 Å². The molecule has 1 fully saturated rings. The van der Waals surface area contributed by atoms with Crippen molar-refractivity contribution in [3.63, 3.8) is 0 Å². The number of hydrogen-bond acceptors (Lipinski definition) is 2. The van der Waals surface area contributed by atoms with E-state index in [4.69, 9.17) is 10.5 Å². The summed E-state index contributed by atoms with van der Waals surface area (Å²) in [6, 6.07) is 0.401. The first-order valence-electron chi connectivity index (χ1n) is 4.87. The Morgan fingerprint density at radius 2 is 2.00 bits per heavy atom. The van der Waals surface area contributed by atoms with E-state index in [1.54, 1.807) is 7.11 Å². The number of rotatable bonds is 2. The average molecular weight is 171 g/mol. The van der Waals surface area contributed by atoms with E-state index in [2.05, 4.69) is 13.8 Å². The second-order valence-corrected chi connectivity index (χ2v) is 4.43. The van der Waals surface area contributed by atoms with Crippen molar-refractivity contribution in [2.75, 3.05) is 7.11 Å². The van der Waals surface area contributed by atoms with Crippen molar-refractivity contribution in [3.8, 4) is 0 Å². The first kappa shape index (κ1) is 10.0. The van der Waals surface area contributed by atoms with Gasteiger partial charge in [0.15, 0.2) is 0 Å². The third-order valence-corrected chi connectivity index (χ3v) is 3.22. The first-order chi connectivity index (χ1) is 5.56. The quantitative estimate of drug-likeness (QED) is 0.689. The molecule has 0 aromatic heterocycles. The van der Waals surface area contributed by atoms with E-state index in [1.165, 1.54) is 19.3 Å². The molecule has 0 aromatic rings. The smallest absolute Gasteiger partial charge is 0.0651 e. The molecule has 2 nitrogen and oxygen atoms in total. The average Bonchev–Trinajstić information content (AvgIpc) is 2.05. The maximum Gasteiger partial charge on any atom is 0.0651 e. The highest BCUT2D eigenvalue weighted by atomic mass is 16.5. The third kappa shape index (κ3) is 2.20. The highest BCUT2D eigenvalue weighted by molar-refractivity contribution is 4.85. The van der Waals surface area contributed by atoms with Crippen LogP contribution >= 0.6 is 0 Å². The summed E-state index contributed by atoms with van der Waals surface area (Å²) in [6.07, 6.45) is 4.85. The minimum atomic E-state index is 0.0119. The number of nitrogens with two attached hydrogens (primary N) is 1. The topological polar surface area (TPSA) is 35.2 Å². The van der Waals surface area contributed by atoms with Crippen molar-refractivity contribution in [3.05, 3.63) is 0 Å². The van der Waals surface area contributed by atoms with E-state index >= 15 is 0 Å². The van der Waals surface area contributed by atoms with Crippen LogP contribution in [0.15, 0.2) is 0 Å². The molecule has 0 heterocycles. The fourth-order valence-electron chi connectivity index (χ4n) is 2.03. The summed E-state index contributed by atoms with van der Waals surface area (Å²) in [5.41, 5.74) is 5.93. The van der Waals surface area contributed by atoms with Crippen molar-refractivity contribution in [2.45, 2.75) is 51.2 Å². The Labute approximate surface area is 75.5 Å². The van der Waals surface area contributed by atoms with Gasteiger partial charge in [-0.1, -0.05) is 6.42 Å². The van der Waals surface area contributed by atoms with Crippen LogP contribution in [-0.4, -0.2) is 18.8 Å². The normalized spacial score (nSPS) is 32.0. The third-order valence-electron chi connectivity index (χ3n) is 3.22. The SMILES string of the molecule is COC(C)(C)[C@@H]1CCC[C@@H](N)C1. The Morgan fingerprint density at radius 3 is 2.50 bits per heavy atom. The molecule has 72 valence electrons. The maximum atomic E-state index is 5.92. The number of ether oxygens (including phenoxy) is 1. The van der Waals surface area contributed by atoms with E-state index in [9.17, 15) is 0 Å². The molecule has 0 radical (unpaired) electrons. The molecule has 1 rings (SSSR count). The largest absolute Gasteiger partial charge is 0.379 e. The van der Waals surface area contributed by atoms with E-state index in [0.717, 1.165) is 6.42 Å². The van der Waals surface area contributed by atoms with Crippen molar-refractivity contribution < 1.29 is 4.74 Å². The Kier molecular flexibility index (Phi) is 3.13. The van der Waals surface area contributed by atoms with E-state index in [0.29, 0.717) is 12.0 Å². The fraction of sp³-hybridized carbons (Fsp3) is 1.00. The standard InChI is InChI=1S/C10H21NO/c1-10(2,12-3)8-5-4-6-9(11)7-8/h8-9H,4-7,11H2,1-3H3/t8-,9-/m1/s1. The molecule has 0 saturated heterocycles. The second kappa shape index (κ2) is 3.75. The van der Waals surface area contributed by atoms with Crippen LogP contribution in [-0.2, 0) is 4.74 Å². The molecular weight excluding hydrogens is 150 g/mol. The van der Waals surface area contributed by atoms with Crippen LogP contribution in [0.5, 0.6) is 0 Å². The van der Waals surface area contributed by atoms with Crippen LogP contribution in [0.25, 0.3) is 0 Å². The number of hydrogen-bond donors (Lipinski definition) is 1. The van der Waals surface area contributed by atoms with Crippen molar-refractivity contribution in [1.29, 1.82) is 0 Å². The van der Waals surface area contributed by atoms with Crippen LogP contribution in [0.4, 0.5) is 0 Å². The summed E-state index contributed by atoms with van der Waals surface area (Å²) >= 11 is 0. The molecule has 2 heteroatoms. The van der Waals surface area contributed by atoms with Crippen LogP contribution in [0.3, 0.4) is 0 Å². The van der Waals surface area contributed by atoms with Gasteiger partial charge in [-0.3, -0.25) is 0 Å². The zero-order valence-electron chi connectivity index (χ0n) is 8.47. The highest BCUT2D eigenvalue weighted by Crippen LogP contribution is 2.33. The van der Waals surface area contributed by atoms with Gasteiger partial charge < -0.3 is 10.5 Å². The summed E-state index contributed by atoms with van der Waals surface area (Å²) < 4.78 is 5.47. The molecule has 0 amide bonds. The lowest BCUT2D eigenvalue weighted by atomic mass is 9.77. The van der Waals surface area contributed by atoms with Crippen LogP contribution in [0.1, 0.15) is 39.5 Å². The van der Waals surface area contributed by atoms with Crippen molar-refractivity contribution in [1.82, 2.24) is 0 Å². The van der Waals surface area contributed by atoms with Gasteiger partial charge in [-0.25, -0.2) is 0 Å². The lowest BCUT2D eigenvalue weighted by Crippen LogP contribution is -2.40. The molecule has 0 unspecified atom stereocenters. The lowest BCUT2D eigenvalue weighted by Gasteiger charge is -2.37. The Bertz CT molecular complexity index is 145. The summed E-state index contributed by atoms with van der Waals surface area (Å²) in [4.78, 5) is 0. The highest BCUT2D eigenvalue weighted by Gasteiger charge is 2.32. The van der Waals surface area contributed by atoms with Gasteiger partial charge in [0.1, 0.15) is 0 Å². The minimum absolute atomic E-state index is 0.0119. The van der Waals surface area contributed by atoms with Gasteiger partial charge in [0.25, 0.3) is 0 Å². The predicted molar refractivity (Wildman–Crippen MR) is 51.0 cm³/mol. The Morgan fingerprint density at radius 1 is 1.33 bits per heavy atom. The molecule has 1 saturated carbocycles. The molecule has 0 aromatic carbocycles. The Hall–Kier alpha value is -0.0800. The summed E-state index contributed by atoms with van der Waals surface area (Å²) in [5, 5.41) is 0. The maximum absolute atomic E-state index is 5.92.